The number of anilines is 1. The van der Waals surface area contributed by atoms with Gasteiger partial charge in [-0.05, 0) is 24.0 Å². The lowest BCUT2D eigenvalue weighted by Crippen LogP contribution is -2.30. The second kappa shape index (κ2) is 7.15. The van der Waals surface area contributed by atoms with Gasteiger partial charge < -0.3 is 0 Å². The molecule has 0 saturated carbocycles. The van der Waals surface area contributed by atoms with Gasteiger partial charge in [-0.1, -0.05) is 37.3 Å². The highest BCUT2D eigenvalue weighted by Crippen LogP contribution is 2.20. The molecule has 1 aromatic carbocycles. The Morgan fingerprint density at radius 1 is 1.14 bits per heavy atom. The van der Waals surface area contributed by atoms with Crippen molar-refractivity contribution in [1.82, 2.24) is 14.5 Å². The summed E-state index contributed by atoms with van der Waals surface area (Å²) in [6, 6.07) is 6.01. The fourth-order valence-corrected chi connectivity index (χ4v) is 2.33. The third-order valence-electron chi connectivity index (χ3n) is 3.39. The minimum Gasteiger partial charge on any atom is -0.250 e. The van der Waals surface area contributed by atoms with Gasteiger partial charge in [-0.2, -0.15) is 9.97 Å². The van der Waals surface area contributed by atoms with Crippen LogP contribution >= 0.6 is 0 Å². The summed E-state index contributed by atoms with van der Waals surface area (Å²) in [5.41, 5.74) is 2.58. The van der Waals surface area contributed by atoms with E-state index >= 15 is 0 Å². The molecule has 0 saturated heterocycles. The quantitative estimate of drug-likeness (QED) is 0.756. The van der Waals surface area contributed by atoms with E-state index in [4.69, 9.17) is 9.68 Å². The largest absolute Gasteiger partial charge is 0.356 e. The summed E-state index contributed by atoms with van der Waals surface area (Å²) in [5.74, 6) is 0.0540. The highest BCUT2D eigenvalue weighted by molar-refractivity contribution is 5.48. The van der Waals surface area contributed by atoms with Crippen LogP contribution in [-0.4, -0.2) is 28.8 Å². The maximum Gasteiger partial charge on any atom is 0.356 e. The van der Waals surface area contributed by atoms with Crippen LogP contribution in [0.2, 0.25) is 0 Å². The standard InChI is InChI=1S/C15H20N4O3/c1-5-11-8-7-9-12(6-2)13(11)18-10-16-14(17-15(18)20)19(21-3)22-4/h7-10H,5-6H2,1-4H3. The minimum absolute atomic E-state index is 0.0540. The molecule has 0 N–H and O–H groups in total. The Hall–Kier alpha value is -2.25. The molecule has 0 amide bonds. The minimum atomic E-state index is -0.431. The second-order valence-electron chi connectivity index (χ2n) is 4.56. The van der Waals surface area contributed by atoms with Crippen LogP contribution < -0.4 is 10.9 Å². The van der Waals surface area contributed by atoms with Crippen LogP contribution in [0.4, 0.5) is 5.95 Å². The Morgan fingerprint density at radius 3 is 2.18 bits per heavy atom. The molecule has 7 nitrogen and oxygen atoms in total. The van der Waals surface area contributed by atoms with E-state index in [1.165, 1.54) is 25.1 Å². The van der Waals surface area contributed by atoms with E-state index in [9.17, 15) is 4.79 Å². The SMILES string of the molecule is CCc1cccc(CC)c1-n1cnc(N(OC)OC)nc1=O. The number of para-hydroxylation sites is 1. The lowest BCUT2D eigenvalue weighted by Gasteiger charge is -2.17. The predicted molar refractivity (Wildman–Crippen MR) is 82.9 cm³/mol. The van der Waals surface area contributed by atoms with E-state index in [1.807, 2.05) is 18.2 Å². The van der Waals surface area contributed by atoms with Crippen molar-refractivity contribution in [2.45, 2.75) is 26.7 Å². The zero-order chi connectivity index (χ0) is 16.1. The van der Waals surface area contributed by atoms with Gasteiger partial charge in [0.1, 0.15) is 6.33 Å². The zero-order valence-electron chi connectivity index (χ0n) is 13.2. The molecule has 0 aliphatic heterocycles. The number of benzene rings is 1. The van der Waals surface area contributed by atoms with Gasteiger partial charge in [0.2, 0.25) is 0 Å². The Bertz CT molecular complexity index is 673. The highest BCUT2D eigenvalue weighted by atomic mass is 16.9. The fourth-order valence-electron chi connectivity index (χ4n) is 2.33. The number of rotatable bonds is 6. The average molecular weight is 304 g/mol. The first kappa shape index (κ1) is 16.1. The van der Waals surface area contributed by atoms with Gasteiger partial charge in [-0.3, -0.25) is 4.57 Å². The maximum absolute atomic E-state index is 12.4. The van der Waals surface area contributed by atoms with Crippen LogP contribution in [0.5, 0.6) is 0 Å². The Kier molecular flexibility index (Phi) is 5.24. The van der Waals surface area contributed by atoms with E-state index in [0.29, 0.717) is 0 Å². The van der Waals surface area contributed by atoms with E-state index in [2.05, 4.69) is 23.8 Å². The molecule has 1 heterocycles. The molecule has 2 aromatic rings. The molecule has 0 aliphatic rings. The maximum atomic E-state index is 12.4. The predicted octanol–water partition coefficient (Wildman–Crippen LogP) is 1.68. The summed E-state index contributed by atoms with van der Waals surface area (Å²) < 4.78 is 1.46. The molecule has 0 atom stereocenters. The van der Waals surface area contributed by atoms with Gasteiger partial charge >= 0.3 is 5.69 Å². The molecule has 0 radical (unpaired) electrons. The van der Waals surface area contributed by atoms with Gasteiger partial charge in [0.05, 0.1) is 19.9 Å². The molecular weight excluding hydrogens is 284 g/mol. The topological polar surface area (TPSA) is 69.5 Å². The lowest BCUT2D eigenvalue weighted by molar-refractivity contribution is -0.0473. The summed E-state index contributed by atoms with van der Waals surface area (Å²) in [4.78, 5) is 30.3. The van der Waals surface area contributed by atoms with Crippen LogP contribution in [0, 0.1) is 0 Å². The number of aryl methyl sites for hydroxylation is 2. The molecule has 0 bridgehead atoms. The third kappa shape index (κ3) is 3.00. The van der Waals surface area contributed by atoms with Crippen molar-refractivity contribution in [1.29, 1.82) is 0 Å². The van der Waals surface area contributed by atoms with E-state index in [1.54, 1.807) is 0 Å². The first-order valence-corrected chi connectivity index (χ1v) is 7.11. The molecule has 1 aromatic heterocycles. The summed E-state index contributed by atoms with van der Waals surface area (Å²) in [5, 5.41) is 0.970. The Balaban J connectivity index is 2.58. The van der Waals surface area contributed by atoms with Crippen molar-refractivity contribution in [3.8, 4) is 5.69 Å². The molecular formula is C15H20N4O3. The average Bonchev–Trinajstić information content (AvgIpc) is 2.55. The lowest BCUT2D eigenvalue weighted by atomic mass is 10.0. The molecule has 2 rings (SSSR count). The van der Waals surface area contributed by atoms with Crippen molar-refractivity contribution in [2.24, 2.45) is 0 Å². The Labute approximate surface area is 129 Å². The van der Waals surface area contributed by atoms with Gasteiger partial charge in [0.25, 0.3) is 5.95 Å². The van der Waals surface area contributed by atoms with Crippen molar-refractivity contribution >= 4 is 5.95 Å². The molecule has 7 heteroatoms. The molecule has 0 fully saturated rings. The van der Waals surface area contributed by atoms with Crippen LogP contribution in [0.15, 0.2) is 29.3 Å². The number of aromatic nitrogens is 3. The Morgan fingerprint density at radius 2 is 1.73 bits per heavy atom. The zero-order valence-corrected chi connectivity index (χ0v) is 13.2. The van der Waals surface area contributed by atoms with Gasteiger partial charge in [0.15, 0.2) is 0 Å². The van der Waals surface area contributed by atoms with E-state index in [-0.39, 0.29) is 5.95 Å². The smallest absolute Gasteiger partial charge is 0.250 e. The third-order valence-corrected chi connectivity index (χ3v) is 3.39. The normalized spacial score (nSPS) is 10.7. The first-order valence-electron chi connectivity index (χ1n) is 7.11. The number of hydrogen-bond donors (Lipinski definition) is 0. The van der Waals surface area contributed by atoms with Crippen molar-refractivity contribution in [3.05, 3.63) is 46.1 Å². The summed E-state index contributed by atoms with van der Waals surface area (Å²) in [6.07, 6.45) is 3.09. The van der Waals surface area contributed by atoms with Gasteiger partial charge in [0, 0.05) is 0 Å². The van der Waals surface area contributed by atoms with Crippen molar-refractivity contribution in [3.63, 3.8) is 0 Å². The molecule has 0 spiro atoms. The fraction of sp³-hybridized carbons (Fsp3) is 0.400. The summed E-state index contributed by atoms with van der Waals surface area (Å²) in [7, 11) is 2.81. The van der Waals surface area contributed by atoms with E-state index in [0.717, 1.165) is 34.9 Å². The van der Waals surface area contributed by atoms with Crippen LogP contribution in [0.3, 0.4) is 0 Å². The van der Waals surface area contributed by atoms with Crippen LogP contribution in [-0.2, 0) is 22.5 Å². The summed E-state index contributed by atoms with van der Waals surface area (Å²) >= 11 is 0. The summed E-state index contributed by atoms with van der Waals surface area (Å²) in [6.45, 7) is 4.10. The van der Waals surface area contributed by atoms with Gasteiger partial charge in [-0.15, -0.1) is 0 Å². The first-order chi connectivity index (χ1) is 10.7. The highest BCUT2D eigenvalue weighted by Gasteiger charge is 2.14. The number of nitrogens with zero attached hydrogens (tertiary/aromatic N) is 4. The second-order valence-corrected chi connectivity index (χ2v) is 4.56. The molecule has 22 heavy (non-hydrogen) atoms. The molecule has 0 unspecified atom stereocenters. The van der Waals surface area contributed by atoms with Crippen molar-refractivity contribution in [2.75, 3.05) is 19.4 Å². The van der Waals surface area contributed by atoms with Gasteiger partial charge in [-0.25, -0.2) is 14.5 Å². The number of hydrogen-bond acceptors (Lipinski definition) is 6. The van der Waals surface area contributed by atoms with E-state index < -0.39 is 5.69 Å². The molecule has 118 valence electrons. The van der Waals surface area contributed by atoms with Crippen LogP contribution in [0.1, 0.15) is 25.0 Å². The monoisotopic (exact) mass is 304 g/mol. The molecule has 0 aliphatic carbocycles. The van der Waals surface area contributed by atoms with Crippen molar-refractivity contribution < 1.29 is 9.68 Å². The van der Waals surface area contributed by atoms with Crippen LogP contribution in [0.25, 0.3) is 5.69 Å².